The van der Waals surface area contributed by atoms with Gasteiger partial charge in [-0.25, -0.2) is 13.1 Å². The van der Waals surface area contributed by atoms with Crippen LogP contribution in [0.15, 0.2) is 70.9 Å². The van der Waals surface area contributed by atoms with Crippen LogP contribution in [0.3, 0.4) is 0 Å². The number of nitrogens with zero attached hydrogens (tertiary/aromatic N) is 1. The van der Waals surface area contributed by atoms with Crippen molar-refractivity contribution < 1.29 is 12.8 Å². The van der Waals surface area contributed by atoms with E-state index in [4.69, 9.17) is 4.42 Å². The summed E-state index contributed by atoms with van der Waals surface area (Å²) < 4.78 is 32.1. The van der Waals surface area contributed by atoms with Crippen LogP contribution in [0.2, 0.25) is 0 Å². The Morgan fingerprint density at radius 1 is 1.16 bits per heavy atom. The highest BCUT2D eigenvalue weighted by Gasteiger charge is 2.07. The topological polar surface area (TPSA) is 72.2 Å². The first-order valence-corrected chi connectivity index (χ1v) is 9.29. The number of pyridine rings is 1. The highest BCUT2D eigenvalue weighted by Crippen LogP contribution is 2.19. The van der Waals surface area contributed by atoms with Gasteiger partial charge in [0.25, 0.3) is 0 Å². The minimum absolute atomic E-state index is 0.155. The first kappa shape index (κ1) is 17.1. The fraction of sp³-hybridized carbons (Fsp3) is 0.105. The van der Waals surface area contributed by atoms with Gasteiger partial charge in [-0.05, 0) is 42.3 Å². The molecule has 0 aliphatic carbocycles. The molecule has 128 valence electrons. The van der Waals surface area contributed by atoms with Crippen molar-refractivity contribution >= 4 is 16.1 Å². The summed E-state index contributed by atoms with van der Waals surface area (Å²) in [5, 5.41) is 1.17. The lowest BCUT2D eigenvalue weighted by atomic mass is 10.2. The predicted octanol–water partition coefficient (Wildman–Crippen LogP) is 3.74. The fourth-order valence-corrected chi connectivity index (χ4v) is 3.04. The summed E-state index contributed by atoms with van der Waals surface area (Å²) in [6.07, 6.45) is 6.45. The van der Waals surface area contributed by atoms with Crippen LogP contribution in [0.5, 0.6) is 0 Å². The smallest absolute Gasteiger partial charge is 0.234 e. The van der Waals surface area contributed by atoms with E-state index in [1.54, 1.807) is 30.8 Å². The molecular weight excluding hydrogens is 336 g/mol. The molecule has 0 bridgehead atoms. The molecule has 2 heterocycles. The average Bonchev–Trinajstić information content (AvgIpc) is 3.15. The van der Waals surface area contributed by atoms with Crippen molar-refractivity contribution in [1.29, 1.82) is 0 Å². The molecule has 5 nitrogen and oxygen atoms in total. The molecule has 0 aliphatic heterocycles. The quantitative estimate of drug-likeness (QED) is 0.732. The molecule has 0 saturated heterocycles. The molecule has 0 saturated carbocycles. The second-order valence-corrected chi connectivity index (χ2v) is 7.29. The Labute approximate surface area is 147 Å². The maximum Gasteiger partial charge on any atom is 0.234 e. The number of aryl methyl sites for hydroxylation is 1. The third-order valence-electron chi connectivity index (χ3n) is 3.60. The Morgan fingerprint density at radius 3 is 2.68 bits per heavy atom. The molecule has 1 aromatic carbocycles. The van der Waals surface area contributed by atoms with E-state index < -0.39 is 10.0 Å². The molecule has 0 radical (unpaired) electrons. The summed E-state index contributed by atoms with van der Waals surface area (Å²) in [5.41, 5.74) is 3.51. The van der Waals surface area contributed by atoms with Gasteiger partial charge in [0.2, 0.25) is 10.0 Å². The van der Waals surface area contributed by atoms with Crippen molar-refractivity contribution in [3.63, 3.8) is 0 Å². The highest BCUT2D eigenvalue weighted by molar-refractivity contribution is 7.92. The van der Waals surface area contributed by atoms with Gasteiger partial charge in [-0.3, -0.25) is 4.98 Å². The number of sulfonamides is 1. The van der Waals surface area contributed by atoms with Gasteiger partial charge in [0.1, 0.15) is 5.76 Å². The zero-order chi connectivity index (χ0) is 17.7. The number of nitrogens with one attached hydrogen (secondary N) is 1. The van der Waals surface area contributed by atoms with Gasteiger partial charge in [-0.2, -0.15) is 0 Å². The molecule has 2 aromatic heterocycles. The van der Waals surface area contributed by atoms with E-state index in [0.717, 1.165) is 22.3 Å². The van der Waals surface area contributed by atoms with Crippen LogP contribution in [0, 0.1) is 6.92 Å². The first-order chi connectivity index (χ1) is 12.0. The number of hydrogen-bond acceptors (Lipinski definition) is 4. The van der Waals surface area contributed by atoms with Crippen molar-refractivity contribution in [3.05, 3.63) is 83.2 Å². The molecule has 0 spiro atoms. The number of rotatable bonds is 6. The maximum atomic E-state index is 12.1. The molecule has 3 aromatic rings. The van der Waals surface area contributed by atoms with Crippen LogP contribution in [-0.4, -0.2) is 13.4 Å². The molecule has 25 heavy (non-hydrogen) atoms. The number of aromatic nitrogens is 1. The van der Waals surface area contributed by atoms with E-state index in [0.29, 0.717) is 5.76 Å². The van der Waals surface area contributed by atoms with Crippen molar-refractivity contribution in [1.82, 2.24) is 9.71 Å². The Bertz CT molecular complexity index is 960. The first-order valence-electron chi connectivity index (χ1n) is 7.74. The van der Waals surface area contributed by atoms with Crippen LogP contribution >= 0.6 is 0 Å². The Morgan fingerprint density at radius 2 is 1.96 bits per heavy atom. The number of benzene rings is 1. The molecule has 0 atom stereocenters. The third-order valence-corrected chi connectivity index (χ3v) is 4.64. The Hall–Kier alpha value is -2.70. The average molecular weight is 354 g/mol. The van der Waals surface area contributed by atoms with E-state index in [-0.39, 0.29) is 6.54 Å². The zero-order valence-corrected chi connectivity index (χ0v) is 14.5. The van der Waals surface area contributed by atoms with Gasteiger partial charge >= 0.3 is 0 Å². The molecule has 0 amide bonds. The fourth-order valence-electron chi connectivity index (χ4n) is 2.24. The summed E-state index contributed by atoms with van der Waals surface area (Å²) in [4.78, 5) is 4.13. The third kappa shape index (κ3) is 4.89. The molecule has 6 heteroatoms. The molecule has 0 aliphatic rings. The summed E-state index contributed by atoms with van der Waals surface area (Å²) >= 11 is 0. The van der Waals surface area contributed by atoms with E-state index >= 15 is 0 Å². The van der Waals surface area contributed by atoms with Gasteiger partial charge in [0, 0.05) is 29.9 Å². The second-order valence-electron chi connectivity index (χ2n) is 5.64. The lowest BCUT2D eigenvalue weighted by molar-refractivity contribution is 0.582. The minimum atomic E-state index is -3.54. The van der Waals surface area contributed by atoms with E-state index in [1.807, 2.05) is 43.3 Å². The zero-order valence-electron chi connectivity index (χ0n) is 13.7. The maximum absolute atomic E-state index is 12.1. The normalized spacial score (nSPS) is 11.9. The lowest BCUT2D eigenvalue weighted by Gasteiger charge is -2.04. The van der Waals surface area contributed by atoms with Gasteiger partial charge in [-0.15, -0.1) is 0 Å². The SMILES string of the molecule is Cc1ccc(/C=C/S(=O)(=O)NCc2cncc(-c3ccco3)c2)cc1. The summed E-state index contributed by atoms with van der Waals surface area (Å²) in [6, 6.07) is 13.1. The Balaban J connectivity index is 1.66. The summed E-state index contributed by atoms with van der Waals surface area (Å²) in [7, 11) is -3.54. The molecule has 3 rings (SSSR count). The van der Waals surface area contributed by atoms with Gasteiger partial charge in [0.05, 0.1) is 6.26 Å². The molecule has 1 N–H and O–H groups in total. The van der Waals surface area contributed by atoms with Crippen molar-refractivity contribution in [2.45, 2.75) is 13.5 Å². The van der Waals surface area contributed by atoms with Gasteiger partial charge < -0.3 is 4.42 Å². The minimum Gasteiger partial charge on any atom is -0.464 e. The lowest BCUT2D eigenvalue weighted by Crippen LogP contribution is -2.20. The van der Waals surface area contributed by atoms with Gasteiger partial charge in [-0.1, -0.05) is 29.8 Å². The molecular formula is C19H18N2O3S. The van der Waals surface area contributed by atoms with Crippen LogP contribution in [0.1, 0.15) is 16.7 Å². The van der Waals surface area contributed by atoms with E-state index in [1.165, 1.54) is 5.41 Å². The van der Waals surface area contributed by atoms with Crippen LogP contribution < -0.4 is 4.72 Å². The van der Waals surface area contributed by atoms with Crippen LogP contribution in [0.25, 0.3) is 17.4 Å². The van der Waals surface area contributed by atoms with Crippen LogP contribution in [-0.2, 0) is 16.6 Å². The summed E-state index contributed by atoms with van der Waals surface area (Å²) in [5.74, 6) is 0.691. The van der Waals surface area contributed by atoms with Crippen molar-refractivity contribution in [3.8, 4) is 11.3 Å². The molecule has 0 fully saturated rings. The predicted molar refractivity (Wildman–Crippen MR) is 97.9 cm³/mol. The van der Waals surface area contributed by atoms with Gasteiger partial charge in [0.15, 0.2) is 0 Å². The second kappa shape index (κ2) is 7.46. The van der Waals surface area contributed by atoms with Crippen molar-refractivity contribution in [2.75, 3.05) is 0 Å². The highest BCUT2D eigenvalue weighted by atomic mass is 32.2. The number of furan rings is 1. The van der Waals surface area contributed by atoms with Crippen molar-refractivity contribution in [2.24, 2.45) is 0 Å². The Kier molecular flexibility index (Phi) is 5.11. The summed E-state index contributed by atoms with van der Waals surface area (Å²) in [6.45, 7) is 2.14. The standard InChI is InChI=1S/C19H18N2O3S/c1-15-4-6-16(7-5-15)8-10-25(22,23)21-13-17-11-18(14-20-12-17)19-3-2-9-24-19/h2-12,14,21H,13H2,1H3/b10-8+. The van der Waals surface area contributed by atoms with Crippen LogP contribution in [0.4, 0.5) is 0 Å². The van der Waals surface area contributed by atoms with E-state index in [9.17, 15) is 8.42 Å². The largest absolute Gasteiger partial charge is 0.464 e. The monoisotopic (exact) mass is 354 g/mol. The molecule has 0 unspecified atom stereocenters. The number of hydrogen-bond donors (Lipinski definition) is 1. The van der Waals surface area contributed by atoms with E-state index in [2.05, 4.69) is 9.71 Å².